The molecule has 4 nitrogen and oxygen atoms in total. The van der Waals surface area contributed by atoms with E-state index < -0.39 is 6.10 Å². The fourth-order valence-electron chi connectivity index (χ4n) is 3.08. The van der Waals surface area contributed by atoms with Gasteiger partial charge in [0.2, 0.25) is 0 Å². The Morgan fingerprint density at radius 1 is 1.11 bits per heavy atom. The second-order valence-electron chi connectivity index (χ2n) is 6.96. The summed E-state index contributed by atoms with van der Waals surface area (Å²) in [6, 6.07) is 19.7. The summed E-state index contributed by atoms with van der Waals surface area (Å²) in [5, 5.41) is 19.4. The van der Waals surface area contributed by atoms with Gasteiger partial charge < -0.3 is 9.84 Å². The summed E-state index contributed by atoms with van der Waals surface area (Å²) in [7, 11) is 0. The van der Waals surface area contributed by atoms with Crippen LogP contribution < -0.4 is 4.74 Å². The Morgan fingerprint density at radius 3 is 2.50 bits per heavy atom. The third-order valence-corrected chi connectivity index (χ3v) is 4.85. The summed E-state index contributed by atoms with van der Waals surface area (Å²) in [5.41, 5.74) is 4.89. The van der Waals surface area contributed by atoms with E-state index in [9.17, 15) is 5.11 Å². The molecule has 0 spiro atoms. The molecule has 0 aliphatic heterocycles. The van der Waals surface area contributed by atoms with E-state index in [0.29, 0.717) is 12.0 Å². The van der Waals surface area contributed by atoms with E-state index in [1.807, 2.05) is 74.6 Å². The molecule has 28 heavy (non-hydrogen) atoms. The van der Waals surface area contributed by atoms with Crippen molar-refractivity contribution in [1.29, 1.82) is 5.26 Å². The van der Waals surface area contributed by atoms with Gasteiger partial charge >= 0.3 is 0 Å². The van der Waals surface area contributed by atoms with Gasteiger partial charge in [-0.1, -0.05) is 30.3 Å². The van der Waals surface area contributed by atoms with Crippen molar-refractivity contribution in [2.45, 2.75) is 38.9 Å². The van der Waals surface area contributed by atoms with Gasteiger partial charge in [0.1, 0.15) is 11.9 Å². The SMILES string of the molecule is Cc1cc(-c2ccc(O[C@@H](C)C(O)CCc3cccnc3)cc2)ccc1C#N. The van der Waals surface area contributed by atoms with Crippen LogP contribution in [0.5, 0.6) is 5.75 Å². The average molecular weight is 372 g/mol. The molecule has 0 saturated heterocycles. The van der Waals surface area contributed by atoms with Gasteiger partial charge in [-0.2, -0.15) is 5.26 Å². The Kier molecular flexibility index (Phi) is 6.41. The Balaban J connectivity index is 1.59. The number of aryl methyl sites for hydroxylation is 2. The van der Waals surface area contributed by atoms with E-state index in [1.165, 1.54) is 0 Å². The first-order chi connectivity index (χ1) is 13.6. The van der Waals surface area contributed by atoms with Crippen molar-refractivity contribution in [2.75, 3.05) is 0 Å². The summed E-state index contributed by atoms with van der Waals surface area (Å²) >= 11 is 0. The highest BCUT2D eigenvalue weighted by atomic mass is 16.5. The molecule has 0 amide bonds. The molecule has 4 heteroatoms. The van der Waals surface area contributed by atoms with Crippen molar-refractivity contribution < 1.29 is 9.84 Å². The van der Waals surface area contributed by atoms with Crippen molar-refractivity contribution in [2.24, 2.45) is 0 Å². The van der Waals surface area contributed by atoms with Crippen LogP contribution in [0.25, 0.3) is 11.1 Å². The molecule has 1 N–H and O–H groups in total. The molecule has 0 radical (unpaired) electrons. The first-order valence-corrected chi connectivity index (χ1v) is 9.41. The summed E-state index contributed by atoms with van der Waals surface area (Å²) in [6.07, 6.45) is 4.09. The van der Waals surface area contributed by atoms with E-state index in [-0.39, 0.29) is 6.10 Å². The lowest BCUT2D eigenvalue weighted by atomic mass is 10.0. The van der Waals surface area contributed by atoms with Crippen LogP contribution in [-0.4, -0.2) is 22.3 Å². The van der Waals surface area contributed by atoms with E-state index in [4.69, 9.17) is 10.00 Å². The van der Waals surface area contributed by atoms with Gasteiger partial charge in [0, 0.05) is 12.4 Å². The van der Waals surface area contributed by atoms with Crippen molar-refractivity contribution in [3.05, 3.63) is 83.7 Å². The highest BCUT2D eigenvalue weighted by Gasteiger charge is 2.16. The van der Waals surface area contributed by atoms with E-state index in [2.05, 4.69) is 11.1 Å². The highest BCUT2D eigenvalue weighted by Crippen LogP contribution is 2.25. The zero-order chi connectivity index (χ0) is 19.9. The summed E-state index contributed by atoms with van der Waals surface area (Å²) in [5.74, 6) is 0.724. The quantitative estimate of drug-likeness (QED) is 0.653. The molecule has 0 bridgehead atoms. The molecule has 0 aliphatic rings. The number of aliphatic hydroxyl groups is 1. The van der Waals surface area contributed by atoms with Gasteiger partial charge in [-0.15, -0.1) is 0 Å². The first kappa shape index (κ1) is 19.6. The van der Waals surface area contributed by atoms with Gasteiger partial charge in [0.15, 0.2) is 0 Å². The zero-order valence-electron chi connectivity index (χ0n) is 16.2. The monoisotopic (exact) mass is 372 g/mol. The molecule has 2 aromatic carbocycles. The van der Waals surface area contributed by atoms with Crippen LogP contribution in [0, 0.1) is 18.3 Å². The maximum atomic E-state index is 10.4. The normalized spacial score (nSPS) is 12.8. The first-order valence-electron chi connectivity index (χ1n) is 9.41. The lowest BCUT2D eigenvalue weighted by Gasteiger charge is -2.20. The lowest BCUT2D eigenvalue weighted by Crippen LogP contribution is -2.29. The number of nitriles is 1. The lowest BCUT2D eigenvalue weighted by molar-refractivity contribution is 0.0420. The number of aliphatic hydroxyl groups excluding tert-OH is 1. The molecule has 1 heterocycles. The standard InChI is InChI=1S/C24H24N2O2/c1-17-14-21(6-7-22(17)15-25)20-8-10-23(11-9-20)28-18(2)24(27)12-5-19-4-3-13-26-16-19/h3-4,6-11,13-14,16,18,24,27H,5,12H2,1-2H3/t18-,24?/m0/s1. The molecule has 142 valence electrons. The summed E-state index contributed by atoms with van der Waals surface area (Å²) < 4.78 is 5.91. The number of aromatic nitrogens is 1. The van der Waals surface area contributed by atoms with Crippen molar-refractivity contribution in [3.8, 4) is 22.9 Å². The maximum Gasteiger partial charge on any atom is 0.122 e. The van der Waals surface area contributed by atoms with Crippen molar-refractivity contribution >= 4 is 0 Å². The predicted molar refractivity (Wildman–Crippen MR) is 110 cm³/mol. The van der Waals surface area contributed by atoms with Gasteiger partial charge in [-0.05, 0) is 73.2 Å². The third kappa shape index (κ3) is 4.97. The van der Waals surface area contributed by atoms with Crippen LogP contribution in [0.4, 0.5) is 0 Å². The molecular weight excluding hydrogens is 348 g/mol. The fraction of sp³-hybridized carbons (Fsp3) is 0.250. The number of pyridine rings is 1. The maximum absolute atomic E-state index is 10.4. The van der Waals surface area contributed by atoms with Gasteiger partial charge in [-0.3, -0.25) is 4.98 Å². The number of rotatable bonds is 7. The molecule has 0 fully saturated rings. The van der Waals surface area contributed by atoms with Gasteiger partial charge in [-0.25, -0.2) is 0 Å². The molecule has 2 atom stereocenters. The Labute approximate surface area is 166 Å². The molecule has 3 rings (SSSR count). The molecule has 0 aliphatic carbocycles. The average Bonchev–Trinajstić information content (AvgIpc) is 2.73. The molecule has 3 aromatic rings. The Morgan fingerprint density at radius 2 is 1.86 bits per heavy atom. The van der Waals surface area contributed by atoms with Crippen LogP contribution in [-0.2, 0) is 6.42 Å². The number of nitrogens with zero attached hydrogens (tertiary/aromatic N) is 2. The highest BCUT2D eigenvalue weighted by molar-refractivity contribution is 5.66. The van der Waals surface area contributed by atoms with E-state index in [0.717, 1.165) is 34.4 Å². The topological polar surface area (TPSA) is 66.1 Å². The smallest absolute Gasteiger partial charge is 0.122 e. The predicted octanol–water partition coefficient (Wildman–Crippen LogP) is 4.69. The minimum absolute atomic E-state index is 0.306. The van der Waals surface area contributed by atoms with Crippen molar-refractivity contribution in [3.63, 3.8) is 0 Å². The number of benzene rings is 2. The minimum atomic E-state index is -0.555. The second-order valence-corrected chi connectivity index (χ2v) is 6.96. The molecule has 1 aromatic heterocycles. The van der Waals surface area contributed by atoms with Gasteiger partial charge in [0.05, 0.1) is 17.7 Å². The Bertz CT molecular complexity index is 947. The van der Waals surface area contributed by atoms with Crippen LogP contribution in [0.1, 0.15) is 30.0 Å². The summed E-state index contributed by atoms with van der Waals surface area (Å²) in [4.78, 5) is 4.09. The number of hydrogen-bond donors (Lipinski definition) is 1. The Hall–Kier alpha value is -3.16. The van der Waals surface area contributed by atoms with Crippen LogP contribution in [0.3, 0.4) is 0 Å². The second kappa shape index (κ2) is 9.16. The van der Waals surface area contributed by atoms with Crippen LogP contribution in [0.15, 0.2) is 67.0 Å². The van der Waals surface area contributed by atoms with Crippen LogP contribution in [0.2, 0.25) is 0 Å². The number of hydrogen-bond acceptors (Lipinski definition) is 4. The zero-order valence-corrected chi connectivity index (χ0v) is 16.2. The third-order valence-electron chi connectivity index (χ3n) is 4.85. The van der Waals surface area contributed by atoms with Crippen molar-refractivity contribution in [1.82, 2.24) is 4.98 Å². The van der Waals surface area contributed by atoms with E-state index in [1.54, 1.807) is 6.20 Å². The van der Waals surface area contributed by atoms with Gasteiger partial charge in [0.25, 0.3) is 0 Å². The van der Waals surface area contributed by atoms with E-state index >= 15 is 0 Å². The minimum Gasteiger partial charge on any atom is -0.488 e. The largest absolute Gasteiger partial charge is 0.488 e. The fourth-order valence-corrected chi connectivity index (χ4v) is 3.08. The molecular formula is C24H24N2O2. The summed E-state index contributed by atoms with van der Waals surface area (Å²) in [6.45, 7) is 3.82. The number of ether oxygens (including phenoxy) is 1. The molecule has 0 saturated carbocycles. The van der Waals surface area contributed by atoms with Crippen LogP contribution >= 0.6 is 0 Å². The molecule has 1 unspecified atom stereocenters.